The molecular formula is C34H35ClF2N2O7. The number of hydrogen-bond donors (Lipinski definition) is 2. The number of ether oxygens (including phenoxy) is 3. The first-order valence-corrected chi connectivity index (χ1v) is 15.7. The fourth-order valence-corrected chi connectivity index (χ4v) is 7.12. The van der Waals surface area contributed by atoms with Gasteiger partial charge < -0.3 is 29.3 Å². The molecule has 0 unspecified atom stereocenters. The molecule has 0 radical (unpaired) electrons. The monoisotopic (exact) mass is 656 g/mol. The number of aliphatic hydroxyl groups is 1. The number of pyridine rings is 1. The van der Waals surface area contributed by atoms with Crippen LogP contribution < -0.4 is 9.47 Å². The Balaban J connectivity index is 1.52. The van der Waals surface area contributed by atoms with E-state index in [-0.39, 0.29) is 23.3 Å². The van der Waals surface area contributed by atoms with Crippen molar-refractivity contribution >= 4 is 23.7 Å². The van der Waals surface area contributed by atoms with Gasteiger partial charge in [-0.05, 0) is 58.4 Å². The van der Waals surface area contributed by atoms with Crippen LogP contribution in [0.25, 0.3) is 11.1 Å². The topological polar surface area (TPSA) is 118 Å². The molecule has 1 saturated carbocycles. The minimum atomic E-state index is -1.51. The molecule has 0 spiro atoms. The number of halogens is 3. The van der Waals surface area contributed by atoms with Crippen molar-refractivity contribution in [2.24, 2.45) is 0 Å². The smallest absolute Gasteiger partial charge is 0.410 e. The summed E-state index contributed by atoms with van der Waals surface area (Å²) in [6.45, 7) is 5.72. The molecule has 12 heteroatoms. The number of likely N-dealkylation sites (tertiary alicyclic amines) is 1. The number of aliphatic hydroxyl groups excluding tert-OH is 1. The van der Waals surface area contributed by atoms with Crippen LogP contribution in [0, 0.1) is 11.6 Å². The predicted octanol–water partition coefficient (Wildman–Crippen LogP) is 6.90. The number of benzene rings is 2. The lowest BCUT2D eigenvalue weighted by atomic mass is 9.80. The third-order valence-corrected chi connectivity index (χ3v) is 9.22. The number of carboxylic acid groups (broad SMARTS) is 1. The summed E-state index contributed by atoms with van der Waals surface area (Å²) in [5.41, 5.74) is -2.34. The van der Waals surface area contributed by atoms with Gasteiger partial charge in [0.25, 0.3) is 5.88 Å². The highest BCUT2D eigenvalue weighted by molar-refractivity contribution is 6.34. The predicted molar refractivity (Wildman–Crippen MR) is 164 cm³/mol. The lowest BCUT2D eigenvalue weighted by Crippen LogP contribution is -2.53. The van der Waals surface area contributed by atoms with E-state index in [9.17, 15) is 19.8 Å². The third-order valence-electron chi connectivity index (χ3n) is 8.85. The molecule has 46 heavy (non-hydrogen) atoms. The third kappa shape index (κ3) is 5.64. The van der Waals surface area contributed by atoms with Crippen LogP contribution in [0.15, 0.2) is 42.6 Å². The van der Waals surface area contributed by atoms with E-state index in [0.717, 1.165) is 12.3 Å². The van der Waals surface area contributed by atoms with E-state index in [1.165, 1.54) is 0 Å². The van der Waals surface area contributed by atoms with Crippen molar-refractivity contribution in [3.8, 4) is 22.8 Å². The molecule has 2 aromatic carbocycles. The van der Waals surface area contributed by atoms with Crippen LogP contribution in [0.5, 0.6) is 11.6 Å². The van der Waals surface area contributed by atoms with E-state index in [4.69, 9.17) is 25.8 Å². The van der Waals surface area contributed by atoms with Gasteiger partial charge in [-0.3, -0.25) is 0 Å². The first kappa shape index (κ1) is 32.0. The van der Waals surface area contributed by atoms with Crippen molar-refractivity contribution in [1.29, 1.82) is 0 Å². The van der Waals surface area contributed by atoms with Gasteiger partial charge >= 0.3 is 12.1 Å². The number of aromatic nitrogens is 1. The highest BCUT2D eigenvalue weighted by Crippen LogP contribution is 2.53. The lowest BCUT2D eigenvalue weighted by Gasteiger charge is -2.40. The van der Waals surface area contributed by atoms with E-state index in [0.29, 0.717) is 44.2 Å². The number of carbonyl (C=O) groups is 2. The molecule has 4 atom stereocenters. The quantitative estimate of drug-likeness (QED) is 0.294. The summed E-state index contributed by atoms with van der Waals surface area (Å²) in [5, 5.41) is 19.9. The number of carbonyl (C=O) groups excluding carboxylic acids is 1. The zero-order valence-electron chi connectivity index (χ0n) is 25.7. The van der Waals surface area contributed by atoms with E-state index >= 15 is 8.78 Å². The van der Waals surface area contributed by atoms with Crippen LogP contribution in [0.3, 0.4) is 0 Å². The molecule has 1 aromatic heterocycles. The molecule has 2 aliphatic heterocycles. The molecule has 6 rings (SSSR count). The van der Waals surface area contributed by atoms with Gasteiger partial charge in [0.1, 0.15) is 23.3 Å². The minimum absolute atomic E-state index is 0.00396. The highest BCUT2D eigenvalue weighted by atomic mass is 35.5. The highest BCUT2D eigenvalue weighted by Gasteiger charge is 2.54. The van der Waals surface area contributed by atoms with Crippen molar-refractivity contribution in [3.05, 3.63) is 75.9 Å². The second-order valence-electron chi connectivity index (χ2n) is 13.0. The molecule has 3 aromatic rings. The summed E-state index contributed by atoms with van der Waals surface area (Å²) in [5.74, 6) is -4.10. The molecule has 1 amide bonds. The van der Waals surface area contributed by atoms with Crippen LogP contribution in [0.4, 0.5) is 13.6 Å². The second kappa shape index (κ2) is 12.0. The Kier molecular flexibility index (Phi) is 8.35. The van der Waals surface area contributed by atoms with Crippen molar-refractivity contribution in [1.82, 2.24) is 9.88 Å². The number of hydrogen-bond acceptors (Lipinski definition) is 7. The maximum absolute atomic E-state index is 16.5. The first-order chi connectivity index (χ1) is 21.8. The molecular weight excluding hydrogens is 622 g/mol. The normalized spacial score (nSPS) is 24.1. The van der Waals surface area contributed by atoms with E-state index < -0.39 is 75.2 Å². The van der Waals surface area contributed by atoms with Crippen molar-refractivity contribution < 1.29 is 42.8 Å². The molecule has 2 N–H and O–H groups in total. The average Bonchev–Trinajstić information content (AvgIpc) is 3.74. The van der Waals surface area contributed by atoms with Gasteiger partial charge in [-0.25, -0.2) is 23.4 Å². The number of fused-ring (bicyclic) bond motifs is 1. The van der Waals surface area contributed by atoms with Crippen LogP contribution in [-0.2, 0) is 16.8 Å². The lowest BCUT2D eigenvalue weighted by molar-refractivity contribution is -0.0216. The Hall–Kier alpha value is -3.96. The summed E-state index contributed by atoms with van der Waals surface area (Å²) in [4.78, 5) is 31.4. The van der Waals surface area contributed by atoms with Gasteiger partial charge in [0.2, 0.25) is 0 Å². The summed E-state index contributed by atoms with van der Waals surface area (Å²) >= 11 is 6.58. The number of rotatable bonds is 6. The van der Waals surface area contributed by atoms with Gasteiger partial charge in [0, 0.05) is 41.9 Å². The van der Waals surface area contributed by atoms with E-state index in [2.05, 4.69) is 4.98 Å². The van der Waals surface area contributed by atoms with E-state index in [1.54, 1.807) is 25.7 Å². The summed E-state index contributed by atoms with van der Waals surface area (Å²) < 4.78 is 50.2. The van der Waals surface area contributed by atoms with Gasteiger partial charge in [0.15, 0.2) is 11.4 Å². The maximum Gasteiger partial charge on any atom is 0.410 e. The van der Waals surface area contributed by atoms with Crippen molar-refractivity contribution in [3.63, 3.8) is 0 Å². The molecule has 9 nitrogen and oxygen atoms in total. The first-order valence-electron chi connectivity index (χ1n) is 15.3. The SMILES string of the molecule is CC(C)(C)OC(=O)N1CCC[C@H]1[C@@]1(c2ccccc2)Cc2c(cc(F)c(Cl)c2-c2c(C(=O)O)cnc(O[C@H]3CCC[C@H]3O)c2F)O1. The van der Waals surface area contributed by atoms with Gasteiger partial charge in [-0.2, -0.15) is 0 Å². The fraction of sp³-hybridized carbons (Fsp3) is 0.441. The van der Waals surface area contributed by atoms with Gasteiger partial charge in [-0.1, -0.05) is 41.9 Å². The number of amides is 1. The summed E-state index contributed by atoms with van der Waals surface area (Å²) in [6.07, 6.45) is 1.59. The molecule has 1 aliphatic carbocycles. The largest absolute Gasteiger partial charge is 0.480 e. The summed E-state index contributed by atoms with van der Waals surface area (Å²) in [6, 6.07) is 9.66. The minimum Gasteiger partial charge on any atom is -0.480 e. The second-order valence-corrected chi connectivity index (χ2v) is 13.4. The van der Waals surface area contributed by atoms with Crippen molar-refractivity contribution in [2.75, 3.05) is 6.54 Å². The van der Waals surface area contributed by atoms with Gasteiger partial charge in [0.05, 0.1) is 22.7 Å². The Labute approximate surface area is 270 Å². The Bertz CT molecular complexity index is 1680. The Morgan fingerprint density at radius 1 is 1.11 bits per heavy atom. The van der Waals surface area contributed by atoms with Crippen LogP contribution in [0.1, 0.15) is 74.4 Å². The zero-order chi connectivity index (χ0) is 33.0. The number of nitrogens with zero attached hydrogens (tertiary/aromatic N) is 2. The average molecular weight is 657 g/mol. The van der Waals surface area contributed by atoms with E-state index in [1.807, 2.05) is 30.3 Å². The standard InChI is InChI=1S/C34H35ClF2N2O7/c1-33(2,3)46-32(43)39-14-8-13-25(39)34(18-9-5-4-6-10-18)16-19-24(45-34)15-21(36)28(35)26(19)27-20(31(41)42)17-38-30(29(27)37)44-23-12-7-11-22(23)40/h4-6,9-10,15,17,22-23,25,40H,7-8,11-14,16H2,1-3H3,(H,41,42)/t22-,23+,25+,34+/m1/s1. The molecule has 1 saturated heterocycles. The molecule has 0 bridgehead atoms. The molecule has 2 fully saturated rings. The fourth-order valence-electron chi connectivity index (χ4n) is 6.86. The van der Waals surface area contributed by atoms with Gasteiger partial charge in [-0.15, -0.1) is 0 Å². The maximum atomic E-state index is 16.5. The van der Waals surface area contributed by atoms with Crippen molar-refractivity contribution in [2.45, 2.75) is 88.7 Å². The number of carboxylic acids is 1. The van der Waals surface area contributed by atoms with Crippen LogP contribution >= 0.6 is 11.6 Å². The van der Waals surface area contributed by atoms with Crippen LogP contribution in [0.2, 0.25) is 5.02 Å². The zero-order valence-corrected chi connectivity index (χ0v) is 26.4. The number of aromatic carboxylic acids is 1. The summed E-state index contributed by atoms with van der Waals surface area (Å²) in [7, 11) is 0. The van der Waals surface area contributed by atoms with Crippen LogP contribution in [-0.4, -0.2) is 62.6 Å². The molecule has 3 heterocycles. The Morgan fingerprint density at radius 3 is 2.50 bits per heavy atom. The molecule has 244 valence electrons. The molecule has 3 aliphatic rings. The Morgan fingerprint density at radius 2 is 1.85 bits per heavy atom.